The number of nitrogens with one attached hydrogen (secondary N) is 2. The molecule has 0 bridgehead atoms. The minimum absolute atomic E-state index is 0.0528. The second-order valence-corrected chi connectivity index (χ2v) is 8.12. The molecule has 19 heavy (non-hydrogen) atoms. The maximum Gasteiger partial charge on any atom is 0.211 e. The molecule has 0 spiro atoms. The molecule has 1 saturated carbocycles. The van der Waals surface area contributed by atoms with Gasteiger partial charge in [0.1, 0.15) is 0 Å². The average molecular weight is 290 g/mol. The van der Waals surface area contributed by atoms with E-state index in [0.717, 1.165) is 32.2 Å². The molecular weight excluding hydrogens is 260 g/mol. The zero-order chi connectivity index (χ0) is 14.3. The van der Waals surface area contributed by atoms with Crippen LogP contribution in [0.25, 0.3) is 0 Å². The second-order valence-electron chi connectivity index (χ2n) is 6.24. The molecule has 1 unspecified atom stereocenters. The van der Waals surface area contributed by atoms with E-state index in [4.69, 9.17) is 0 Å². The van der Waals surface area contributed by atoms with Gasteiger partial charge < -0.3 is 5.32 Å². The predicted octanol–water partition coefficient (Wildman–Crippen LogP) is 2.26. The summed E-state index contributed by atoms with van der Waals surface area (Å²) < 4.78 is 26.5. The zero-order valence-corrected chi connectivity index (χ0v) is 13.4. The summed E-state index contributed by atoms with van der Waals surface area (Å²) in [5.41, 5.74) is 0. The van der Waals surface area contributed by atoms with E-state index in [9.17, 15) is 8.42 Å². The fraction of sp³-hybridized carbons (Fsp3) is 1.00. The Hall–Kier alpha value is -0.130. The van der Waals surface area contributed by atoms with Gasteiger partial charge in [0.05, 0.1) is 5.75 Å². The van der Waals surface area contributed by atoms with Crippen molar-refractivity contribution >= 4 is 10.0 Å². The van der Waals surface area contributed by atoms with Crippen molar-refractivity contribution in [2.75, 3.05) is 12.3 Å². The summed E-state index contributed by atoms with van der Waals surface area (Å²) in [5, 5.41) is 3.40. The van der Waals surface area contributed by atoms with Crippen LogP contribution in [0.15, 0.2) is 0 Å². The number of hydrogen-bond acceptors (Lipinski definition) is 3. The molecule has 2 N–H and O–H groups in total. The molecule has 1 aliphatic rings. The zero-order valence-electron chi connectivity index (χ0n) is 12.6. The maximum absolute atomic E-state index is 11.9. The molecule has 0 amide bonds. The topological polar surface area (TPSA) is 58.2 Å². The van der Waals surface area contributed by atoms with Gasteiger partial charge in [0.25, 0.3) is 0 Å². The van der Waals surface area contributed by atoms with Gasteiger partial charge in [-0.1, -0.05) is 13.8 Å². The molecule has 1 atom stereocenters. The summed E-state index contributed by atoms with van der Waals surface area (Å²) in [7, 11) is -3.09. The van der Waals surface area contributed by atoms with Crippen LogP contribution in [0.1, 0.15) is 59.3 Å². The molecule has 114 valence electrons. The van der Waals surface area contributed by atoms with Crippen molar-refractivity contribution in [3.05, 3.63) is 0 Å². The van der Waals surface area contributed by atoms with Gasteiger partial charge in [-0.05, 0) is 57.9 Å². The smallest absolute Gasteiger partial charge is 0.211 e. The van der Waals surface area contributed by atoms with Crippen molar-refractivity contribution in [1.82, 2.24) is 10.0 Å². The molecule has 1 fully saturated rings. The number of unbranched alkanes of at least 4 members (excludes halogenated alkanes) is 1. The van der Waals surface area contributed by atoms with Crippen LogP contribution in [0.3, 0.4) is 0 Å². The summed E-state index contributed by atoms with van der Waals surface area (Å²) >= 11 is 0. The minimum atomic E-state index is -3.09. The van der Waals surface area contributed by atoms with Crippen LogP contribution >= 0.6 is 0 Å². The first-order valence-corrected chi connectivity index (χ1v) is 9.27. The Bertz CT molecular complexity index is 337. The van der Waals surface area contributed by atoms with E-state index in [-0.39, 0.29) is 11.8 Å². The Balaban J connectivity index is 2.07. The van der Waals surface area contributed by atoms with Gasteiger partial charge in [-0.3, -0.25) is 0 Å². The largest absolute Gasteiger partial charge is 0.314 e. The summed E-state index contributed by atoms with van der Waals surface area (Å²) in [6.45, 7) is 7.22. The molecule has 0 aromatic heterocycles. The van der Waals surface area contributed by atoms with Gasteiger partial charge >= 0.3 is 0 Å². The highest BCUT2D eigenvalue weighted by atomic mass is 32.2. The lowest BCUT2D eigenvalue weighted by Crippen LogP contribution is -2.34. The van der Waals surface area contributed by atoms with Gasteiger partial charge in [-0.25, -0.2) is 13.1 Å². The van der Waals surface area contributed by atoms with E-state index in [1.165, 1.54) is 12.8 Å². The van der Waals surface area contributed by atoms with Crippen molar-refractivity contribution in [2.45, 2.75) is 71.4 Å². The molecule has 4 nitrogen and oxygen atoms in total. The monoisotopic (exact) mass is 290 g/mol. The Labute approximate surface area is 118 Å². The van der Waals surface area contributed by atoms with Crippen molar-refractivity contribution in [3.63, 3.8) is 0 Å². The summed E-state index contributed by atoms with van der Waals surface area (Å²) in [5.74, 6) is 0.881. The third-order valence-electron chi connectivity index (χ3n) is 3.41. The van der Waals surface area contributed by atoms with Crippen molar-refractivity contribution in [3.8, 4) is 0 Å². The molecule has 5 heteroatoms. The SMILES string of the molecule is CC(C)CCC(C)NS(=O)(=O)CCCCNC1CC1. The molecule has 0 heterocycles. The van der Waals surface area contributed by atoms with E-state index in [0.29, 0.717) is 12.0 Å². The van der Waals surface area contributed by atoms with Crippen LogP contribution in [0.5, 0.6) is 0 Å². The van der Waals surface area contributed by atoms with Gasteiger partial charge in [0.15, 0.2) is 0 Å². The highest BCUT2D eigenvalue weighted by molar-refractivity contribution is 7.89. The Kier molecular flexibility index (Phi) is 7.32. The number of rotatable bonds is 11. The van der Waals surface area contributed by atoms with E-state index >= 15 is 0 Å². The molecule has 0 saturated heterocycles. The molecule has 1 aliphatic carbocycles. The number of sulfonamides is 1. The van der Waals surface area contributed by atoms with Crippen LogP contribution in [-0.4, -0.2) is 32.8 Å². The predicted molar refractivity (Wildman–Crippen MR) is 80.7 cm³/mol. The van der Waals surface area contributed by atoms with Crippen molar-refractivity contribution in [2.24, 2.45) is 5.92 Å². The van der Waals surface area contributed by atoms with E-state index in [2.05, 4.69) is 23.9 Å². The standard InChI is InChI=1S/C14H30N2O2S/c1-12(2)6-7-13(3)16-19(17,18)11-5-4-10-15-14-8-9-14/h12-16H,4-11H2,1-3H3. The molecule has 0 aliphatic heterocycles. The van der Waals surface area contributed by atoms with Gasteiger partial charge in [0, 0.05) is 12.1 Å². The van der Waals surface area contributed by atoms with Crippen molar-refractivity contribution in [1.29, 1.82) is 0 Å². The molecule has 0 radical (unpaired) electrons. The lowest BCUT2D eigenvalue weighted by Gasteiger charge is -2.15. The van der Waals surface area contributed by atoms with E-state index < -0.39 is 10.0 Å². The highest BCUT2D eigenvalue weighted by Crippen LogP contribution is 2.18. The molecular formula is C14H30N2O2S. The first-order valence-electron chi connectivity index (χ1n) is 7.62. The summed E-state index contributed by atoms with van der Waals surface area (Å²) in [4.78, 5) is 0. The van der Waals surface area contributed by atoms with Crippen LogP contribution in [-0.2, 0) is 10.0 Å². The van der Waals surface area contributed by atoms with Gasteiger partial charge in [-0.2, -0.15) is 0 Å². The maximum atomic E-state index is 11.9. The third kappa shape index (κ3) is 9.41. The summed E-state index contributed by atoms with van der Waals surface area (Å²) in [6, 6.07) is 0.766. The Morgan fingerprint density at radius 3 is 2.37 bits per heavy atom. The fourth-order valence-corrected chi connectivity index (χ4v) is 3.45. The lowest BCUT2D eigenvalue weighted by molar-refractivity contribution is 0.484. The molecule has 0 aromatic rings. The Morgan fingerprint density at radius 1 is 1.11 bits per heavy atom. The third-order valence-corrected chi connectivity index (χ3v) is 5.00. The van der Waals surface area contributed by atoms with Crippen LogP contribution < -0.4 is 10.0 Å². The first-order chi connectivity index (χ1) is 8.89. The Morgan fingerprint density at radius 2 is 1.79 bits per heavy atom. The average Bonchev–Trinajstić information content (AvgIpc) is 3.09. The summed E-state index contributed by atoms with van der Waals surface area (Å²) in [6.07, 6.45) is 6.24. The molecule has 1 rings (SSSR count). The van der Waals surface area contributed by atoms with Crippen molar-refractivity contribution < 1.29 is 8.42 Å². The fourth-order valence-electron chi connectivity index (χ4n) is 2.02. The van der Waals surface area contributed by atoms with Gasteiger partial charge in [0.2, 0.25) is 10.0 Å². The molecule has 0 aromatic carbocycles. The van der Waals surface area contributed by atoms with Crippen LogP contribution in [0.2, 0.25) is 0 Å². The van der Waals surface area contributed by atoms with E-state index in [1.54, 1.807) is 0 Å². The first kappa shape index (κ1) is 16.9. The lowest BCUT2D eigenvalue weighted by atomic mass is 10.1. The second kappa shape index (κ2) is 8.22. The van der Waals surface area contributed by atoms with Gasteiger partial charge in [-0.15, -0.1) is 0 Å². The quantitative estimate of drug-likeness (QED) is 0.574. The van der Waals surface area contributed by atoms with Crippen LogP contribution in [0.4, 0.5) is 0 Å². The van der Waals surface area contributed by atoms with Crippen LogP contribution in [0, 0.1) is 5.92 Å². The number of hydrogen-bond donors (Lipinski definition) is 2. The normalized spacial score (nSPS) is 17.9. The minimum Gasteiger partial charge on any atom is -0.314 e. The highest BCUT2D eigenvalue weighted by Gasteiger charge is 2.19. The van der Waals surface area contributed by atoms with E-state index in [1.807, 2.05) is 6.92 Å².